The smallest absolute Gasteiger partial charge is 0.164 e. The highest BCUT2D eigenvalue weighted by Gasteiger charge is 1.77. The van der Waals surface area contributed by atoms with Gasteiger partial charge in [-0.3, -0.25) is 11.7 Å². The fourth-order valence-electron chi connectivity index (χ4n) is 0.228. The van der Waals surface area contributed by atoms with E-state index >= 15 is 0 Å². The van der Waals surface area contributed by atoms with Gasteiger partial charge in [0.1, 0.15) is 0 Å². The summed E-state index contributed by atoms with van der Waals surface area (Å²) < 4.78 is 0. The van der Waals surface area contributed by atoms with Crippen LogP contribution in [0.3, 0.4) is 0 Å². The summed E-state index contributed by atoms with van der Waals surface area (Å²) in [5, 5.41) is 0. The zero-order valence-corrected chi connectivity index (χ0v) is 5.65. The van der Waals surface area contributed by atoms with Crippen molar-refractivity contribution in [3.05, 3.63) is 0 Å². The van der Waals surface area contributed by atoms with Crippen molar-refractivity contribution in [3.63, 3.8) is 0 Å². The van der Waals surface area contributed by atoms with E-state index in [0.717, 1.165) is 0 Å². The maximum absolute atomic E-state index is 4.82. The molecular formula is H13N11. The highest BCUT2D eigenvalue weighted by Crippen LogP contribution is 1.22. The van der Waals surface area contributed by atoms with Crippen LogP contribution in [0.2, 0.25) is 0 Å². The molecule has 0 rings (SSSR count). The van der Waals surface area contributed by atoms with Crippen LogP contribution in [0.4, 0.5) is 0 Å². The number of nitrogens with one attached hydrogen (secondary N) is 9. The molecular weight excluding hydrogens is 154 g/mol. The summed E-state index contributed by atoms with van der Waals surface area (Å²) >= 11 is 0. The first kappa shape index (κ1) is 10.6. The van der Waals surface area contributed by atoms with Crippen molar-refractivity contribution in [3.8, 4) is 0 Å². The Hall–Kier alpha value is -0.440. The Morgan fingerprint density at radius 2 is 0.727 bits per heavy atom. The Kier molecular flexibility index (Phi) is 9.18. The molecule has 0 aliphatic rings. The third-order valence-corrected chi connectivity index (χ3v) is 0.519. The molecule has 0 spiro atoms. The number of hydrogen-bond acceptors (Lipinski definition) is 11. The monoisotopic (exact) mass is 167 g/mol. The van der Waals surface area contributed by atoms with Crippen molar-refractivity contribution in [2.75, 3.05) is 0 Å². The maximum Gasteiger partial charge on any atom is -0.164 e. The minimum absolute atomic E-state index is 2.11. The molecule has 11 nitrogen and oxygen atoms in total. The van der Waals surface area contributed by atoms with E-state index in [0.29, 0.717) is 0 Å². The number of nitrogens with two attached hydrogens (primary N) is 2. The lowest BCUT2D eigenvalue weighted by Gasteiger charge is -2.10. The highest BCUT2D eigenvalue weighted by atomic mass is 15.9. The lowest BCUT2D eigenvalue weighted by Crippen LogP contribution is -2.65. The van der Waals surface area contributed by atoms with Gasteiger partial charge in [-0.05, 0) is 0 Å². The SMILES string of the molecule is NNNNNNNNNNN. The van der Waals surface area contributed by atoms with Crippen molar-refractivity contribution in [1.29, 1.82) is 0 Å². The van der Waals surface area contributed by atoms with E-state index in [9.17, 15) is 0 Å². The zero-order chi connectivity index (χ0) is 8.36. The van der Waals surface area contributed by atoms with E-state index < -0.39 is 0 Å². The van der Waals surface area contributed by atoms with Gasteiger partial charge >= 0.3 is 0 Å². The number of hydrazine groups is 10. The van der Waals surface area contributed by atoms with E-state index in [1.54, 1.807) is 0 Å². The highest BCUT2D eigenvalue weighted by molar-refractivity contribution is 4.11. The quantitative estimate of drug-likeness (QED) is 0.0949. The van der Waals surface area contributed by atoms with E-state index in [-0.39, 0.29) is 0 Å². The van der Waals surface area contributed by atoms with Crippen molar-refractivity contribution in [1.82, 2.24) is 49.8 Å². The lowest BCUT2D eigenvalue weighted by molar-refractivity contribution is 0.244. The molecule has 0 atom stereocenters. The van der Waals surface area contributed by atoms with Crippen LogP contribution in [0.25, 0.3) is 0 Å². The lowest BCUT2D eigenvalue weighted by atomic mass is 12.1. The summed E-state index contributed by atoms with van der Waals surface area (Å²) in [6, 6.07) is 0. The molecule has 11 heteroatoms. The van der Waals surface area contributed by atoms with Crippen LogP contribution >= 0.6 is 0 Å². The minimum atomic E-state index is 2.11. The summed E-state index contributed by atoms with van der Waals surface area (Å²) in [6.07, 6.45) is 0. The van der Waals surface area contributed by atoms with Gasteiger partial charge in [0.05, 0.1) is 0 Å². The largest absolute Gasteiger partial charge is 0.257 e. The van der Waals surface area contributed by atoms with Crippen molar-refractivity contribution >= 4 is 0 Å². The van der Waals surface area contributed by atoms with Gasteiger partial charge < -0.3 is 0 Å². The second-order valence-electron chi connectivity index (χ2n) is 1.16. The molecule has 0 unspecified atom stereocenters. The van der Waals surface area contributed by atoms with Gasteiger partial charge in [0, 0.05) is 0 Å². The van der Waals surface area contributed by atoms with E-state index in [4.69, 9.17) is 11.7 Å². The molecule has 0 aromatic heterocycles. The van der Waals surface area contributed by atoms with Gasteiger partial charge in [-0.1, -0.05) is 0 Å². The summed E-state index contributed by atoms with van der Waals surface area (Å²) in [5.74, 6) is 9.65. The van der Waals surface area contributed by atoms with E-state index in [1.807, 2.05) is 0 Å². The third kappa shape index (κ3) is 9.56. The Bertz CT molecular complexity index is 49.1. The Morgan fingerprint density at radius 3 is 1.00 bits per heavy atom. The van der Waals surface area contributed by atoms with E-state index in [2.05, 4.69) is 49.8 Å². The maximum atomic E-state index is 4.82. The van der Waals surface area contributed by atoms with Crippen LogP contribution in [0.15, 0.2) is 0 Å². The molecule has 13 N–H and O–H groups in total. The summed E-state index contributed by atoms with van der Waals surface area (Å²) in [4.78, 5) is 0. The second kappa shape index (κ2) is 9.56. The van der Waals surface area contributed by atoms with Gasteiger partial charge in [0.25, 0.3) is 0 Å². The Morgan fingerprint density at radius 1 is 0.455 bits per heavy atom. The summed E-state index contributed by atoms with van der Waals surface area (Å²) in [5.41, 5.74) is 20.9. The van der Waals surface area contributed by atoms with Gasteiger partial charge in [0.2, 0.25) is 0 Å². The second-order valence-corrected chi connectivity index (χ2v) is 1.16. The Balaban J connectivity index is 2.69. The molecule has 0 aromatic carbocycles. The van der Waals surface area contributed by atoms with Gasteiger partial charge in [-0.25, -0.2) is 0 Å². The molecule has 11 heavy (non-hydrogen) atoms. The summed E-state index contributed by atoms with van der Waals surface area (Å²) in [7, 11) is 0. The van der Waals surface area contributed by atoms with Crippen LogP contribution in [0, 0.1) is 0 Å². The molecule has 0 aromatic rings. The first-order valence-corrected chi connectivity index (χ1v) is 2.58. The van der Waals surface area contributed by atoms with Crippen LogP contribution < -0.4 is 61.5 Å². The van der Waals surface area contributed by atoms with E-state index in [1.165, 1.54) is 0 Å². The predicted octanol–water partition coefficient (Wildman–Crippen LogP) is -5.64. The van der Waals surface area contributed by atoms with Crippen molar-refractivity contribution in [2.45, 2.75) is 0 Å². The molecule has 0 heterocycles. The Labute approximate surface area is 62.7 Å². The number of rotatable bonds is 8. The fourth-order valence-corrected chi connectivity index (χ4v) is 0.228. The van der Waals surface area contributed by atoms with Crippen LogP contribution in [-0.2, 0) is 0 Å². The van der Waals surface area contributed by atoms with Crippen LogP contribution in [-0.4, -0.2) is 0 Å². The molecule has 68 valence electrons. The molecule has 0 bridgehead atoms. The molecule has 0 saturated heterocycles. The molecule has 0 fully saturated rings. The topological polar surface area (TPSA) is 160 Å². The van der Waals surface area contributed by atoms with Gasteiger partial charge in [0.15, 0.2) is 0 Å². The normalized spacial score (nSPS) is 10.4. The first-order valence-electron chi connectivity index (χ1n) is 2.58. The van der Waals surface area contributed by atoms with Gasteiger partial charge in [-0.2, -0.15) is 49.8 Å². The van der Waals surface area contributed by atoms with Crippen LogP contribution in [0.1, 0.15) is 0 Å². The predicted molar refractivity (Wildman–Crippen MR) is 36.6 cm³/mol. The summed E-state index contributed by atoms with van der Waals surface area (Å²) in [6.45, 7) is 0. The third-order valence-electron chi connectivity index (χ3n) is 0.519. The molecule has 0 aliphatic carbocycles. The molecule has 0 saturated carbocycles. The zero-order valence-electron chi connectivity index (χ0n) is 5.65. The fraction of sp³-hybridized carbons (Fsp3) is 0. The van der Waals surface area contributed by atoms with Crippen molar-refractivity contribution in [2.24, 2.45) is 11.7 Å². The standard InChI is InChI=1S/H13N11/c1-3-5-7-9-11-10-8-6-4-2/h3-11H,1-2H2. The van der Waals surface area contributed by atoms with Crippen LogP contribution in [0.5, 0.6) is 0 Å². The number of hydrogen-bond donors (Lipinski definition) is 11. The first-order chi connectivity index (χ1) is 5.41. The average molecular weight is 167 g/mol. The average Bonchev–Trinajstić information content (AvgIpc) is 2.03. The molecule has 0 amide bonds. The molecule has 0 aliphatic heterocycles. The molecule has 0 radical (unpaired) electrons. The van der Waals surface area contributed by atoms with Crippen molar-refractivity contribution < 1.29 is 0 Å². The minimum Gasteiger partial charge on any atom is -0.257 e. The van der Waals surface area contributed by atoms with Gasteiger partial charge in [-0.15, -0.1) is 0 Å².